The van der Waals surface area contributed by atoms with E-state index < -0.39 is 5.54 Å². The smallest absolute Gasteiger partial charge is 0.217 e. The van der Waals surface area contributed by atoms with Crippen molar-refractivity contribution < 1.29 is 9.53 Å². The second-order valence-electron chi connectivity index (χ2n) is 5.78. The van der Waals surface area contributed by atoms with Gasteiger partial charge < -0.3 is 15.0 Å². The van der Waals surface area contributed by atoms with Crippen molar-refractivity contribution in [1.82, 2.24) is 10.3 Å². The number of hydrogen-bond donors (Lipinski definition) is 2. The molecule has 0 aliphatic rings. The molecule has 118 valence electrons. The molecule has 2 N–H and O–H groups in total. The number of aromatic nitrogens is 1. The van der Waals surface area contributed by atoms with Crippen LogP contribution in [-0.4, -0.2) is 18.0 Å². The summed E-state index contributed by atoms with van der Waals surface area (Å²) in [7, 11) is 1.64. The summed E-state index contributed by atoms with van der Waals surface area (Å²) < 4.78 is 5.23. The highest BCUT2D eigenvalue weighted by molar-refractivity contribution is 5.86. The fourth-order valence-corrected chi connectivity index (χ4v) is 3.06. The van der Waals surface area contributed by atoms with Crippen molar-refractivity contribution in [2.45, 2.75) is 19.4 Å². The standard InChI is InChI=1S/C19H20N2O2/c1-13(22)21-19(2,14-8-10-15(23-3)11-9-14)17-12-20-18-7-5-4-6-16(17)18/h4-12,20H,1-3H3,(H,21,22). The van der Waals surface area contributed by atoms with Crippen LogP contribution in [0.3, 0.4) is 0 Å². The molecular formula is C19H20N2O2. The maximum Gasteiger partial charge on any atom is 0.217 e. The van der Waals surface area contributed by atoms with Gasteiger partial charge in [-0.1, -0.05) is 30.3 Å². The predicted molar refractivity (Wildman–Crippen MR) is 91.6 cm³/mol. The van der Waals surface area contributed by atoms with E-state index in [1.54, 1.807) is 7.11 Å². The summed E-state index contributed by atoms with van der Waals surface area (Å²) in [5.74, 6) is 0.714. The van der Waals surface area contributed by atoms with E-state index in [1.807, 2.05) is 55.6 Å². The number of nitrogens with one attached hydrogen (secondary N) is 2. The van der Waals surface area contributed by atoms with Crippen LogP contribution in [0, 0.1) is 0 Å². The molecule has 23 heavy (non-hydrogen) atoms. The third-order valence-corrected chi connectivity index (χ3v) is 4.22. The van der Waals surface area contributed by atoms with Gasteiger partial charge in [0, 0.05) is 29.6 Å². The maximum atomic E-state index is 11.8. The number of benzene rings is 2. The van der Waals surface area contributed by atoms with Gasteiger partial charge in [0.05, 0.1) is 12.6 Å². The first kappa shape index (κ1) is 15.2. The zero-order valence-corrected chi connectivity index (χ0v) is 13.5. The highest BCUT2D eigenvalue weighted by Gasteiger charge is 2.32. The van der Waals surface area contributed by atoms with Gasteiger partial charge in [-0.05, 0) is 30.7 Å². The molecule has 1 amide bonds. The molecule has 0 fully saturated rings. The molecule has 4 nitrogen and oxygen atoms in total. The van der Waals surface area contributed by atoms with Gasteiger partial charge in [0.25, 0.3) is 0 Å². The minimum absolute atomic E-state index is 0.0754. The van der Waals surface area contributed by atoms with Crippen LogP contribution in [0.25, 0.3) is 10.9 Å². The van der Waals surface area contributed by atoms with Crippen LogP contribution in [0.15, 0.2) is 54.7 Å². The summed E-state index contributed by atoms with van der Waals surface area (Å²) >= 11 is 0. The van der Waals surface area contributed by atoms with Gasteiger partial charge in [0.1, 0.15) is 5.75 Å². The second-order valence-corrected chi connectivity index (χ2v) is 5.78. The average Bonchev–Trinajstić information content (AvgIpc) is 2.99. The Hall–Kier alpha value is -2.75. The molecule has 0 saturated carbocycles. The predicted octanol–water partition coefficient (Wildman–Crippen LogP) is 3.58. The quantitative estimate of drug-likeness (QED) is 0.774. The Morgan fingerprint density at radius 1 is 1.13 bits per heavy atom. The molecule has 1 atom stereocenters. The first-order valence-electron chi connectivity index (χ1n) is 7.54. The Kier molecular flexibility index (Phi) is 3.82. The summed E-state index contributed by atoms with van der Waals surface area (Å²) in [6.07, 6.45) is 1.96. The zero-order chi connectivity index (χ0) is 16.4. The highest BCUT2D eigenvalue weighted by atomic mass is 16.5. The van der Waals surface area contributed by atoms with Gasteiger partial charge in [-0.25, -0.2) is 0 Å². The molecule has 0 radical (unpaired) electrons. The Bertz CT molecular complexity index is 836. The lowest BCUT2D eigenvalue weighted by Crippen LogP contribution is -2.43. The van der Waals surface area contributed by atoms with Crippen LogP contribution in [0.4, 0.5) is 0 Å². The van der Waals surface area contributed by atoms with E-state index in [9.17, 15) is 4.79 Å². The number of aromatic amines is 1. The van der Waals surface area contributed by atoms with Crippen LogP contribution >= 0.6 is 0 Å². The number of methoxy groups -OCH3 is 1. The summed E-state index contributed by atoms with van der Waals surface area (Å²) in [4.78, 5) is 15.1. The van der Waals surface area contributed by atoms with Crippen LogP contribution in [0.1, 0.15) is 25.0 Å². The number of carbonyl (C=O) groups excluding carboxylic acids is 1. The Morgan fingerprint density at radius 2 is 1.83 bits per heavy atom. The molecule has 3 aromatic rings. The lowest BCUT2D eigenvalue weighted by Gasteiger charge is -2.31. The van der Waals surface area contributed by atoms with Crippen LogP contribution in [-0.2, 0) is 10.3 Å². The van der Waals surface area contributed by atoms with Gasteiger partial charge in [-0.3, -0.25) is 4.79 Å². The molecule has 0 aliphatic heterocycles. The molecule has 4 heteroatoms. The van der Waals surface area contributed by atoms with Crippen molar-refractivity contribution in [2.24, 2.45) is 0 Å². The van der Waals surface area contributed by atoms with Crippen molar-refractivity contribution in [1.29, 1.82) is 0 Å². The Morgan fingerprint density at radius 3 is 2.48 bits per heavy atom. The number of carbonyl (C=O) groups is 1. The van der Waals surface area contributed by atoms with Crippen molar-refractivity contribution in [3.63, 3.8) is 0 Å². The minimum atomic E-state index is -0.627. The molecule has 1 aromatic heterocycles. The number of para-hydroxylation sites is 1. The van der Waals surface area contributed by atoms with Gasteiger partial charge in [-0.2, -0.15) is 0 Å². The van der Waals surface area contributed by atoms with E-state index in [2.05, 4.69) is 16.4 Å². The first-order chi connectivity index (χ1) is 11.0. The van der Waals surface area contributed by atoms with E-state index in [0.29, 0.717) is 0 Å². The SMILES string of the molecule is COc1ccc(C(C)(NC(C)=O)c2c[nH]c3ccccc23)cc1. The van der Waals surface area contributed by atoms with Crippen LogP contribution < -0.4 is 10.1 Å². The molecule has 3 rings (SSSR count). The molecule has 0 saturated heterocycles. The third kappa shape index (κ3) is 2.68. The minimum Gasteiger partial charge on any atom is -0.497 e. The number of hydrogen-bond acceptors (Lipinski definition) is 2. The largest absolute Gasteiger partial charge is 0.497 e. The van der Waals surface area contributed by atoms with E-state index in [-0.39, 0.29) is 5.91 Å². The highest BCUT2D eigenvalue weighted by Crippen LogP contribution is 2.35. The Balaban J connectivity index is 2.17. The zero-order valence-electron chi connectivity index (χ0n) is 13.5. The number of ether oxygens (including phenoxy) is 1. The molecular weight excluding hydrogens is 288 g/mol. The average molecular weight is 308 g/mol. The summed E-state index contributed by atoms with van der Waals surface area (Å²) in [6.45, 7) is 3.56. The number of amides is 1. The lowest BCUT2D eigenvalue weighted by molar-refractivity contribution is -0.120. The maximum absolute atomic E-state index is 11.8. The van der Waals surface area contributed by atoms with Crippen molar-refractivity contribution in [3.05, 3.63) is 65.9 Å². The lowest BCUT2D eigenvalue weighted by atomic mass is 9.84. The fourth-order valence-electron chi connectivity index (χ4n) is 3.06. The Labute approximate surface area is 135 Å². The molecule has 1 unspecified atom stereocenters. The summed E-state index contributed by atoms with van der Waals surface area (Å²) in [5, 5.41) is 4.20. The summed E-state index contributed by atoms with van der Waals surface area (Å²) in [6, 6.07) is 15.9. The van der Waals surface area contributed by atoms with Gasteiger partial charge >= 0.3 is 0 Å². The van der Waals surface area contributed by atoms with Crippen LogP contribution in [0.2, 0.25) is 0 Å². The molecule has 1 heterocycles. The molecule has 2 aromatic carbocycles. The third-order valence-electron chi connectivity index (χ3n) is 4.22. The number of fused-ring (bicyclic) bond motifs is 1. The van der Waals surface area contributed by atoms with Crippen molar-refractivity contribution in [3.8, 4) is 5.75 Å². The fraction of sp³-hybridized carbons (Fsp3) is 0.211. The van der Waals surface area contributed by atoms with Crippen LogP contribution in [0.5, 0.6) is 5.75 Å². The first-order valence-corrected chi connectivity index (χ1v) is 7.54. The number of H-pyrrole nitrogens is 1. The molecule has 0 spiro atoms. The van der Waals surface area contributed by atoms with E-state index in [0.717, 1.165) is 27.8 Å². The van der Waals surface area contributed by atoms with Crippen molar-refractivity contribution in [2.75, 3.05) is 7.11 Å². The van der Waals surface area contributed by atoms with Gasteiger partial charge in [0.2, 0.25) is 5.91 Å². The van der Waals surface area contributed by atoms with E-state index in [4.69, 9.17) is 4.74 Å². The van der Waals surface area contributed by atoms with E-state index >= 15 is 0 Å². The molecule has 0 aliphatic carbocycles. The molecule has 0 bridgehead atoms. The van der Waals surface area contributed by atoms with Gasteiger partial charge in [-0.15, -0.1) is 0 Å². The van der Waals surface area contributed by atoms with Crippen molar-refractivity contribution >= 4 is 16.8 Å². The van der Waals surface area contributed by atoms with E-state index in [1.165, 1.54) is 6.92 Å². The summed E-state index contributed by atoms with van der Waals surface area (Å²) in [5.41, 5.74) is 2.46. The van der Waals surface area contributed by atoms with Gasteiger partial charge in [0.15, 0.2) is 0 Å². The normalized spacial score (nSPS) is 13.5. The monoisotopic (exact) mass is 308 g/mol. The topological polar surface area (TPSA) is 54.1 Å². The second kappa shape index (κ2) is 5.80. The number of rotatable bonds is 4.